The van der Waals surface area contributed by atoms with Crippen LogP contribution in [0.2, 0.25) is 0 Å². The SMILES string of the molecule is Cc1[nH]cnc1CN(CCN(C)C)C(=O)CCSc1ccc2c(c1)OCCO2. The van der Waals surface area contributed by atoms with Gasteiger partial charge in [-0.3, -0.25) is 4.79 Å². The molecule has 1 amide bonds. The van der Waals surface area contributed by atoms with E-state index in [-0.39, 0.29) is 5.91 Å². The zero-order valence-corrected chi connectivity index (χ0v) is 17.6. The number of benzene rings is 1. The molecule has 1 aliphatic heterocycles. The molecule has 0 saturated heterocycles. The molecule has 3 rings (SSSR count). The van der Waals surface area contributed by atoms with Gasteiger partial charge in [0, 0.05) is 35.9 Å². The van der Waals surface area contributed by atoms with Gasteiger partial charge in [0.1, 0.15) is 13.2 Å². The molecule has 1 aliphatic rings. The van der Waals surface area contributed by atoms with Crippen molar-refractivity contribution in [3.8, 4) is 11.5 Å². The molecule has 1 N–H and O–H groups in total. The van der Waals surface area contributed by atoms with Gasteiger partial charge in [-0.1, -0.05) is 0 Å². The van der Waals surface area contributed by atoms with Crippen LogP contribution in [0.3, 0.4) is 0 Å². The van der Waals surface area contributed by atoms with Crippen LogP contribution in [-0.4, -0.2) is 71.8 Å². The number of thioether (sulfide) groups is 1. The van der Waals surface area contributed by atoms with Gasteiger partial charge < -0.3 is 24.3 Å². The molecule has 0 bridgehead atoms. The predicted molar refractivity (Wildman–Crippen MR) is 110 cm³/mol. The van der Waals surface area contributed by atoms with E-state index in [9.17, 15) is 4.79 Å². The van der Waals surface area contributed by atoms with Crippen LogP contribution in [0.4, 0.5) is 0 Å². The van der Waals surface area contributed by atoms with Crippen LogP contribution in [0, 0.1) is 6.92 Å². The number of hydrogen-bond donors (Lipinski definition) is 1. The first-order valence-corrected chi connectivity index (χ1v) is 10.5. The Morgan fingerprint density at radius 1 is 1.21 bits per heavy atom. The predicted octanol–water partition coefficient (Wildman–Crippen LogP) is 2.56. The van der Waals surface area contributed by atoms with Crippen molar-refractivity contribution in [1.82, 2.24) is 19.8 Å². The highest BCUT2D eigenvalue weighted by Gasteiger charge is 2.17. The van der Waals surface area contributed by atoms with E-state index in [2.05, 4.69) is 14.9 Å². The summed E-state index contributed by atoms with van der Waals surface area (Å²) in [6, 6.07) is 5.93. The summed E-state index contributed by atoms with van der Waals surface area (Å²) < 4.78 is 11.2. The molecule has 0 unspecified atom stereocenters. The lowest BCUT2D eigenvalue weighted by atomic mass is 10.3. The highest BCUT2D eigenvalue weighted by Crippen LogP contribution is 2.34. The van der Waals surface area contributed by atoms with E-state index in [1.54, 1.807) is 18.1 Å². The number of aromatic amines is 1. The molecule has 0 saturated carbocycles. The van der Waals surface area contributed by atoms with Gasteiger partial charge in [0.2, 0.25) is 5.91 Å². The lowest BCUT2D eigenvalue weighted by Crippen LogP contribution is -2.36. The third-order valence-corrected chi connectivity index (χ3v) is 5.54. The Morgan fingerprint density at radius 3 is 2.71 bits per heavy atom. The monoisotopic (exact) mass is 404 g/mol. The summed E-state index contributed by atoms with van der Waals surface area (Å²) in [5.41, 5.74) is 1.93. The smallest absolute Gasteiger partial charge is 0.223 e. The number of aryl methyl sites for hydroxylation is 1. The maximum absolute atomic E-state index is 12.8. The quantitative estimate of drug-likeness (QED) is 0.648. The lowest BCUT2D eigenvalue weighted by molar-refractivity contribution is -0.131. The lowest BCUT2D eigenvalue weighted by Gasteiger charge is -2.24. The minimum Gasteiger partial charge on any atom is -0.486 e. The molecular formula is C20H28N4O3S. The van der Waals surface area contributed by atoms with Gasteiger partial charge in [-0.2, -0.15) is 0 Å². The Balaban J connectivity index is 1.54. The first kappa shape index (κ1) is 20.5. The second kappa shape index (κ2) is 9.84. The number of nitrogens with zero attached hydrogens (tertiary/aromatic N) is 3. The van der Waals surface area contributed by atoms with Crippen LogP contribution in [0.1, 0.15) is 17.8 Å². The van der Waals surface area contributed by atoms with Gasteiger partial charge >= 0.3 is 0 Å². The number of rotatable bonds is 9. The van der Waals surface area contributed by atoms with Crippen molar-refractivity contribution in [2.24, 2.45) is 0 Å². The molecule has 0 aliphatic carbocycles. The molecule has 28 heavy (non-hydrogen) atoms. The number of carbonyl (C=O) groups excluding carboxylic acids is 1. The molecule has 0 fully saturated rings. The highest BCUT2D eigenvalue weighted by molar-refractivity contribution is 7.99. The Morgan fingerprint density at radius 2 is 2.00 bits per heavy atom. The number of fused-ring (bicyclic) bond motifs is 1. The molecule has 1 aromatic heterocycles. The van der Waals surface area contributed by atoms with Crippen molar-refractivity contribution in [1.29, 1.82) is 0 Å². The van der Waals surface area contributed by atoms with Crippen molar-refractivity contribution in [2.75, 3.05) is 46.2 Å². The van der Waals surface area contributed by atoms with E-state index in [0.29, 0.717) is 32.7 Å². The summed E-state index contributed by atoms with van der Waals surface area (Å²) >= 11 is 1.66. The first-order chi connectivity index (χ1) is 13.5. The fraction of sp³-hybridized carbons (Fsp3) is 0.500. The van der Waals surface area contributed by atoms with E-state index in [4.69, 9.17) is 9.47 Å². The zero-order valence-electron chi connectivity index (χ0n) is 16.7. The average Bonchev–Trinajstić information content (AvgIpc) is 3.09. The van der Waals surface area contributed by atoms with Crippen LogP contribution >= 0.6 is 11.8 Å². The van der Waals surface area contributed by atoms with Crippen molar-refractivity contribution >= 4 is 17.7 Å². The molecule has 0 radical (unpaired) electrons. The maximum Gasteiger partial charge on any atom is 0.223 e. The van der Waals surface area contributed by atoms with E-state index in [1.807, 2.05) is 44.1 Å². The summed E-state index contributed by atoms with van der Waals surface area (Å²) in [6.07, 6.45) is 2.16. The first-order valence-electron chi connectivity index (χ1n) is 9.46. The summed E-state index contributed by atoms with van der Waals surface area (Å²) in [4.78, 5) is 25.3. The topological polar surface area (TPSA) is 70.7 Å². The highest BCUT2D eigenvalue weighted by atomic mass is 32.2. The van der Waals surface area contributed by atoms with Gasteiger partial charge in [-0.25, -0.2) is 4.98 Å². The van der Waals surface area contributed by atoms with Gasteiger partial charge in [-0.15, -0.1) is 11.8 Å². The van der Waals surface area contributed by atoms with E-state index >= 15 is 0 Å². The Hall–Kier alpha value is -2.19. The maximum atomic E-state index is 12.8. The van der Waals surface area contributed by atoms with Gasteiger partial charge in [0.05, 0.1) is 18.6 Å². The number of H-pyrrole nitrogens is 1. The van der Waals surface area contributed by atoms with Crippen molar-refractivity contribution in [3.63, 3.8) is 0 Å². The largest absolute Gasteiger partial charge is 0.486 e. The van der Waals surface area contributed by atoms with Crippen molar-refractivity contribution in [2.45, 2.75) is 24.8 Å². The van der Waals surface area contributed by atoms with Gasteiger partial charge in [-0.05, 0) is 39.2 Å². The number of nitrogens with one attached hydrogen (secondary N) is 1. The third kappa shape index (κ3) is 5.65. The molecule has 2 aromatic rings. The number of carbonyl (C=O) groups is 1. The van der Waals surface area contributed by atoms with E-state index in [0.717, 1.165) is 40.1 Å². The zero-order chi connectivity index (χ0) is 19.9. The van der Waals surface area contributed by atoms with Crippen LogP contribution in [-0.2, 0) is 11.3 Å². The Bertz CT molecular complexity index is 794. The normalized spacial score (nSPS) is 13.0. The molecule has 0 spiro atoms. The second-order valence-electron chi connectivity index (χ2n) is 7.00. The number of aromatic nitrogens is 2. The van der Waals surface area contributed by atoms with E-state index < -0.39 is 0 Å². The Kier molecular flexibility index (Phi) is 7.22. The number of ether oxygens (including phenoxy) is 2. The number of likely N-dealkylation sites (N-methyl/N-ethyl adjacent to an activating group) is 1. The van der Waals surface area contributed by atoms with Gasteiger partial charge in [0.25, 0.3) is 0 Å². The molecule has 2 heterocycles. The number of hydrogen-bond acceptors (Lipinski definition) is 6. The number of imidazole rings is 1. The van der Waals surface area contributed by atoms with Crippen molar-refractivity contribution < 1.29 is 14.3 Å². The van der Waals surface area contributed by atoms with Crippen LogP contribution in [0.5, 0.6) is 11.5 Å². The summed E-state index contributed by atoms with van der Waals surface area (Å²) in [5.74, 6) is 2.44. The molecular weight excluding hydrogens is 376 g/mol. The Labute approximate surface area is 170 Å². The molecule has 0 atom stereocenters. The summed E-state index contributed by atoms with van der Waals surface area (Å²) in [6.45, 7) is 5.20. The van der Waals surface area contributed by atoms with Crippen LogP contribution in [0.25, 0.3) is 0 Å². The fourth-order valence-corrected chi connectivity index (χ4v) is 3.73. The molecule has 152 valence electrons. The number of amides is 1. The standard InChI is InChI=1S/C20H28N4O3S/c1-15-17(22-14-21-15)13-24(8-7-23(2)3)20(25)6-11-28-16-4-5-18-19(12-16)27-10-9-26-18/h4-5,12,14H,6-11,13H2,1-3H3,(H,21,22). The van der Waals surface area contributed by atoms with E-state index in [1.165, 1.54) is 0 Å². The summed E-state index contributed by atoms with van der Waals surface area (Å²) in [7, 11) is 4.03. The molecule has 8 heteroatoms. The van der Waals surface area contributed by atoms with Crippen LogP contribution in [0.15, 0.2) is 29.4 Å². The minimum atomic E-state index is 0.147. The second-order valence-corrected chi connectivity index (χ2v) is 8.17. The van der Waals surface area contributed by atoms with Crippen molar-refractivity contribution in [3.05, 3.63) is 35.9 Å². The minimum absolute atomic E-state index is 0.147. The van der Waals surface area contributed by atoms with Crippen LogP contribution < -0.4 is 9.47 Å². The molecule has 7 nitrogen and oxygen atoms in total. The summed E-state index contributed by atoms with van der Waals surface area (Å²) in [5, 5.41) is 0. The molecule has 1 aromatic carbocycles. The fourth-order valence-electron chi connectivity index (χ4n) is 2.87. The van der Waals surface area contributed by atoms with Gasteiger partial charge in [0.15, 0.2) is 11.5 Å². The average molecular weight is 405 g/mol. The third-order valence-electron chi connectivity index (χ3n) is 4.54.